The van der Waals surface area contributed by atoms with Crippen LogP contribution in [0.15, 0.2) is 72.1 Å². The minimum absolute atomic E-state index is 0.614. The van der Waals surface area contributed by atoms with E-state index in [1.54, 1.807) is 7.05 Å². The zero-order chi connectivity index (χ0) is 18.0. The molecule has 6 heteroatoms. The minimum atomic E-state index is 0.614. The van der Waals surface area contributed by atoms with Crippen molar-refractivity contribution < 1.29 is 0 Å². The molecule has 2 N–H and O–H groups in total. The van der Waals surface area contributed by atoms with Gasteiger partial charge in [0.15, 0.2) is 5.96 Å². The van der Waals surface area contributed by atoms with Gasteiger partial charge >= 0.3 is 0 Å². The third kappa shape index (κ3) is 5.17. The Bertz CT molecular complexity index is 811. The van der Waals surface area contributed by atoms with Crippen LogP contribution in [0.1, 0.15) is 17.1 Å². The molecule has 3 aromatic rings. The van der Waals surface area contributed by atoms with Crippen LogP contribution in [-0.2, 0) is 19.5 Å². The van der Waals surface area contributed by atoms with Gasteiger partial charge in [-0.15, -0.1) is 0 Å². The summed E-state index contributed by atoms with van der Waals surface area (Å²) in [5.74, 6) is 1.73. The number of nitrogens with one attached hydrogen (secondary N) is 2. The third-order valence-corrected chi connectivity index (χ3v) is 4.03. The summed E-state index contributed by atoms with van der Waals surface area (Å²) in [7, 11) is 1.77. The van der Waals surface area contributed by atoms with Crippen LogP contribution >= 0.6 is 0 Å². The number of nitrogens with zero attached hydrogens (tertiary/aromatic N) is 4. The summed E-state index contributed by atoms with van der Waals surface area (Å²) in [6, 6.07) is 16.3. The lowest BCUT2D eigenvalue weighted by Crippen LogP contribution is -2.38. The van der Waals surface area contributed by atoms with Gasteiger partial charge < -0.3 is 15.2 Å². The number of guanidine groups is 1. The van der Waals surface area contributed by atoms with Crippen molar-refractivity contribution in [1.29, 1.82) is 0 Å². The first-order chi connectivity index (χ1) is 12.8. The Labute approximate surface area is 154 Å². The summed E-state index contributed by atoms with van der Waals surface area (Å²) >= 11 is 0. The normalized spacial score (nSPS) is 11.3. The van der Waals surface area contributed by atoms with Gasteiger partial charge in [-0.25, -0.2) is 4.98 Å². The number of aromatic nitrogens is 3. The van der Waals surface area contributed by atoms with Gasteiger partial charge in [0.05, 0.1) is 6.54 Å². The molecule has 6 nitrogen and oxygen atoms in total. The van der Waals surface area contributed by atoms with E-state index in [1.165, 1.54) is 5.56 Å². The molecule has 0 amide bonds. The number of aliphatic imine (C=N–C) groups is 1. The number of hydrogen-bond donors (Lipinski definition) is 2. The summed E-state index contributed by atoms with van der Waals surface area (Å²) < 4.78 is 2.14. The minimum Gasteiger partial charge on any atom is -0.356 e. The lowest BCUT2D eigenvalue weighted by atomic mass is 10.2. The Morgan fingerprint density at radius 1 is 1.00 bits per heavy atom. The van der Waals surface area contributed by atoms with Gasteiger partial charge in [-0.3, -0.25) is 9.98 Å². The lowest BCUT2D eigenvalue weighted by molar-refractivity contribution is 0.686. The van der Waals surface area contributed by atoms with E-state index in [4.69, 9.17) is 0 Å². The van der Waals surface area contributed by atoms with Crippen LogP contribution in [0.25, 0.3) is 0 Å². The van der Waals surface area contributed by atoms with Crippen LogP contribution in [-0.4, -0.2) is 34.1 Å². The largest absolute Gasteiger partial charge is 0.356 e. The third-order valence-electron chi connectivity index (χ3n) is 4.03. The van der Waals surface area contributed by atoms with Crippen molar-refractivity contribution in [1.82, 2.24) is 25.2 Å². The summed E-state index contributed by atoms with van der Waals surface area (Å²) in [6.45, 7) is 2.20. The average Bonchev–Trinajstić information content (AvgIpc) is 3.13. The van der Waals surface area contributed by atoms with E-state index in [-0.39, 0.29) is 0 Å². The number of pyridine rings is 1. The standard InChI is InChI=1S/C20H24N6/c1-21-20(24-12-10-18-9-5-6-11-22-18)25-15-19-23-13-14-26(19)16-17-7-3-2-4-8-17/h2-9,11,13-14H,10,12,15-16H2,1H3,(H2,21,24,25). The predicted molar refractivity (Wildman–Crippen MR) is 104 cm³/mol. The summed E-state index contributed by atoms with van der Waals surface area (Å²) in [5, 5.41) is 6.63. The van der Waals surface area contributed by atoms with Crippen LogP contribution in [0.2, 0.25) is 0 Å². The fourth-order valence-corrected chi connectivity index (χ4v) is 2.67. The van der Waals surface area contributed by atoms with E-state index >= 15 is 0 Å². The van der Waals surface area contributed by atoms with Crippen LogP contribution in [0, 0.1) is 0 Å². The molecule has 0 saturated heterocycles. The first-order valence-corrected chi connectivity index (χ1v) is 8.73. The second-order valence-electron chi connectivity index (χ2n) is 5.88. The molecule has 2 heterocycles. The molecule has 134 valence electrons. The van der Waals surface area contributed by atoms with E-state index < -0.39 is 0 Å². The van der Waals surface area contributed by atoms with Crippen molar-refractivity contribution in [3.8, 4) is 0 Å². The molecular weight excluding hydrogens is 324 g/mol. The first-order valence-electron chi connectivity index (χ1n) is 8.73. The van der Waals surface area contributed by atoms with Gasteiger partial charge in [0.25, 0.3) is 0 Å². The van der Waals surface area contributed by atoms with Gasteiger partial charge in [-0.2, -0.15) is 0 Å². The Morgan fingerprint density at radius 2 is 1.85 bits per heavy atom. The highest BCUT2D eigenvalue weighted by Gasteiger charge is 2.05. The molecular formula is C20H24N6. The molecule has 0 radical (unpaired) electrons. The molecule has 0 spiro atoms. The van der Waals surface area contributed by atoms with Crippen LogP contribution < -0.4 is 10.6 Å². The van der Waals surface area contributed by atoms with Crippen LogP contribution in [0.3, 0.4) is 0 Å². The highest BCUT2D eigenvalue weighted by molar-refractivity contribution is 5.79. The van der Waals surface area contributed by atoms with Crippen molar-refractivity contribution in [3.05, 3.63) is 84.2 Å². The van der Waals surface area contributed by atoms with Crippen molar-refractivity contribution in [3.63, 3.8) is 0 Å². The van der Waals surface area contributed by atoms with Crippen molar-refractivity contribution in [2.45, 2.75) is 19.5 Å². The SMILES string of the molecule is CN=C(NCCc1ccccn1)NCc1nccn1Cc1ccccc1. The molecule has 0 aliphatic rings. The summed E-state index contributed by atoms with van der Waals surface area (Å²) in [5.41, 5.74) is 2.32. The average molecular weight is 348 g/mol. The number of imidazole rings is 1. The molecule has 2 aromatic heterocycles. The van der Waals surface area contributed by atoms with E-state index in [9.17, 15) is 0 Å². The smallest absolute Gasteiger partial charge is 0.191 e. The molecule has 1 aromatic carbocycles. The van der Waals surface area contributed by atoms with Gasteiger partial charge in [0.1, 0.15) is 5.82 Å². The molecule has 0 unspecified atom stereocenters. The first kappa shape index (κ1) is 17.7. The van der Waals surface area contributed by atoms with Gasteiger partial charge in [0, 0.05) is 50.8 Å². The maximum Gasteiger partial charge on any atom is 0.191 e. The fraction of sp³-hybridized carbons (Fsp3) is 0.250. The van der Waals surface area contributed by atoms with Gasteiger partial charge in [-0.05, 0) is 17.7 Å². The van der Waals surface area contributed by atoms with Crippen LogP contribution in [0.5, 0.6) is 0 Å². The van der Waals surface area contributed by atoms with E-state index in [2.05, 4.69) is 54.4 Å². The Kier molecular flexibility index (Phi) is 6.36. The van der Waals surface area contributed by atoms with Crippen molar-refractivity contribution >= 4 is 5.96 Å². The summed E-state index contributed by atoms with van der Waals surface area (Å²) in [4.78, 5) is 13.0. The summed E-state index contributed by atoms with van der Waals surface area (Å²) in [6.07, 6.45) is 6.50. The highest BCUT2D eigenvalue weighted by Crippen LogP contribution is 2.05. The fourth-order valence-electron chi connectivity index (χ4n) is 2.67. The van der Waals surface area contributed by atoms with E-state index in [0.29, 0.717) is 6.54 Å². The monoisotopic (exact) mass is 348 g/mol. The van der Waals surface area contributed by atoms with E-state index in [0.717, 1.165) is 37.0 Å². The Morgan fingerprint density at radius 3 is 2.62 bits per heavy atom. The second kappa shape index (κ2) is 9.36. The van der Waals surface area contributed by atoms with Gasteiger partial charge in [-0.1, -0.05) is 36.4 Å². The Hall–Kier alpha value is -3.15. The molecule has 0 bridgehead atoms. The van der Waals surface area contributed by atoms with Crippen LogP contribution in [0.4, 0.5) is 0 Å². The zero-order valence-corrected chi connectivity index (χ0v) is 15.0. The maximum absolute atomic E-state index is 4.45. The predicted octanol–water partition coefficient (Wildman–Crippen LogP) is 2.23. The van der Waals surface area contributed by atoms with Crippen molar-refractivity contribution in [2.24, 2.45) is 4.99 Å². The zero-order valence-electron chi connectivity index (χ0n) is 15.0. The van der Waals surface area contributed by atoms with Gasteiger partial charge in [0.2, 0.25) is 0 Å². The number of benzene rings is 1. The molecule has 26 heavy (non-hydrogen) atoms. The Balaban J connectivity index is 1.49. The quantitative estimate of drug-likeness (QED) is 0.508. The molecule has 0 aliphatic carbocycles. The molecule has 3 rings (SSSR count). The molecule has 0 fully saturated rings. The topological polar surface area (TPSA) is 67.1 Å². The number of hydrogen-bond acceptors (Lipinski definition) is 3. The molecule has 0 aliphatic heterocycles. The number of rotatable bonds is 7. The van der Waals surface area contributed by atoms with Crippen molar-refractivity contribution in [2.75, 3.05) is 13.6 Å². The highest BCUT2D eigenvalue weighted by atomic mass is 15.2. The van der Waals surface area contributed by atoms with E-state index in [1.807, 2.05) is 42.9 Å². The molecule has 0 saturated carbocycles. The lowest BCUT2D eigenvalue weighted by Gasteiger charge is -2.13. The molecule has 0 atom stereocenters. The maximum atomic E-state index is 4.45. The second-order valence-corrected chi connectivity index (χ2v) is 5.88.